The zero-order valence-electron chi connectivity index (χ0n) is 14.5. The van der Waals surface area contributed by atoms with E-state index in [9.17, 15) is 14.7 Å². The van der Waals surface area contributed by atoms with Gasteiger partial charge in [-0.2, -0.15) is 0 Å². The van der Waals surface area contributed by atoms with E-state index in [-0.39, 0.29) is 37.1 Å². The van der Waals surface area contributed by atoms with Gasteiger partial charge in [-0.05, 0) is 39.5 Å². The Morgan fingerprint density at radius 1 is 1.26 bits per heavy atom. The van der Waals surface area contributed by atoms with Crippen LogP contribution in [0.25, 0.3) is 0 Å². The first-order valence-electron chi connectivity index (χ1n) is 8.33. The minimum atomic E-state index is -0.923. The van der Waals surface area contributed by atoms with Crippen LogP contribution in [0.3, 0.4) is 0 Å². The molecule has 1 unspecified atom stereocenters. The second kappa shape index (κ2) is 6.87. The molecule has 2 rings (SSSR count). The van der Waals surface area contributed by atoms with Crippen molar-refractivity contribution in [1.82, 2.24) is 0 Å². The summed E-state index contributed by atoms with van der Waals surface area (Å²) in [6, 6.07) is 0. The van der Waals surface area contributed by atoms with Gasteiger partial charge in [0, 0.05) is 19.4 Å². The number of Topliss-reactive ketones (excluding diaryl/α,β-unsaturated/α-hetero) is 1. The van der Waals surface area contributed by atoms with E-state index in [0.29, 0.717) is 6.42 Å². The molecule has 0 aromatic heterocycles. The van der Waals surface area contributed by atoms with Crippen LogP contribution in [0, 0.1) is 5.92 Å². The van der Waals surface area contributed by atoms with Crippen LogP contribution in [0.4, 0.5) is 0 Å². The fraction of sp³-hybridized carbons (Fsp3) is 0.882. The number of aliphatic hydroxyl groups is 1. The third-order valence-corrected chi connectivity index (χ3v) is 5.23. The molecule has 5 atom stereocenters. The lowest BCUT2D eigenvalue weighted by Gasteiger charge is -2.34. The average Bonchev–Trinajstić information content (AvgIpc) is 3.09. The Morgan fingerprint density at radius 2 is 1.96 bits per heavy atom. The number of ether oxygens (including phenoxy) is 3. The van der Waals surface area contributed by atoms with Crippen molar-refractivity contribution in [3.05, 3.63) is 0 Å². The first kappa shape index (κ1) is 18.4. The van der Waals surface area contributed by atoms with E-state index in [1.165, 1.54) is 6.92 Å². The lowest BCUT2D eigenvalue weighted by atomic mass is 9.91. The highest BCUT2D eigenvalue weighted by atomic mass is 16.6. The van der Waals surface area contributed by atoms with Gasteiger partial charge in [-0.25, -0.2) is 0 Å². The van der Waals surface area contributed by atoms with E-state index >= 15 is 0 Å². The number of esters is 1. The SMILES string of the molecule is CC(=O)OCC(=O)[C@]1(C)CC[C@H]([C@]2(C)CC[C@H](C(C)CO)O2)O1. The maximum absolute atomic E-state index is 12.3. The van der Waals surface area contributed by atoms with Crippen molar-refractivity contribution < 1.29 is 28.9 Å². The summed E-state index contributed by atoms with van der Waals surface area (Å²) in [5.74, 6) is -0.587. The monoisotopic (exact) mass is 328 g/mol. The van der Waals surface area contributed by atoms with Crippen LogP contribution in [-0.4, -0.2) is 53.5 Å². The van der Waals surface area contributed by atoms with Crippen LogP contribution in [0.15, 0.2) is 0 Å². The van der Waals surface area contributed by atoms with Crippen molar-refractivity contribution in [3.8, 4) is 0 Å². The average molecular weight is 328 g/mol. The third-order valence-electron chi connectivity index (χ3n) is 5.23. The molecule has 0 bridgehead atoms. The van der Waals surface area contributed by atoms with Crippen molar-refractivity contribution >= 4 is 11.8 Å². The number of rotatable bonds is 6. The van der Waals surface area contributed by atoms with Gasteiger partial charge in [0.1, 0.15) is 5.60 Å². The molecule has 0 aromatic carbocycles. The van der Waals surface area contributed by atoms with Gasteiger partial charge in [-0.3, -0.25) is 9.59 Å². The largest absolute Gasteiger partial charge is 0.458 e. The molecule has 6 nitrogen and oxygen atoms in total. The zero-order valence-corrected chi connectivity index (χ0v) is 14.5. The molecule has 0 radical (unpaired) electrons. The summed E-state index contributed by atoms with van der Waals surface area (Å²) in [7, 11) is 0. The van der Waals surface area contributed by atoms with Crippen molar-refractivity contribution in [1.29, 1.82) is 0 Å². The Labute approximate surface area is 137 Å². The number of carbonyl (C=O) groups excluding carboxylic acids is 2. The van der Waals surface area contributed by atoms with Gasteiger partial charge in [0.25, 0.3) is 0 Å². The predicted molar refractivity (Wildman–Crippen MR) is 82.9 cm³/mol. The Bertz CT molecular complexity index is 464. The van der Waals surface area contributed by atoms with Crippen LogP contribution >= 0.6 is 0 Å². The normalized spacial score (nSPS) is 38.5. The predicted octanol–water partition coefficient (Wildman–Crippen LogP) is 1.62. The highest BCUT2D eigenvalue weighted by molar-refractivity contribution is 5.89. The number of aliphatic hydroxyl groups excluding tert-OH is 1. The summed E-state index contributed by atoms with van der Waals surface area (Å²) in [5.41, 5.74) is -1.36. The lowest BCUT2D eigenvalue weighted by molar-refractivity contribution is -0.171. The first-order valence-corrected chi connectivity index (χ1v) is 8.33. The number of carbonyl (C=O) groups is 2. The Kier molecular flexibility index (Phi) is 5.48. The molecule has 0 aliphatic carbocycles. The molecule has 2 aliphatic heterocycles. The molecule has 2 heterocycles. The molecule has 23 heavy (non-hydrogen) atoms. The minimum Gasteiger partial charge on any atom is -0.458 e. The molecule has 1 N–H and O–H groups in total. The topological polar surface area (TPSA) is 82.1 Å². The fourth-order valence-corrected chi connectivity index (χ4v) is 3.44. The van der Waals surface area contributed by atoms with Gasteiger partial charge < -0.3 is 19.3 Å². The second-order valence-corrected chi connectivity index (χ2v) is 7.25. The van der Waals surface area contributed by atoms with Crippen LogP contribution in [0.2, 0.25) is 0 Å². The van der Waals surface area contributed by atoms with Crippen molar-refractivity contribution in [2.75, 3.05) is 13.2 Å². The van der Waals surface area contributed by atoms with Crippen LogP contribution < -0.4 is 0 Å². The van der Waals surface area contributed by atoms with Gasteiger partial charge in [0.15, 0.2) is 6.61 Å². The summed E-state index contributed by atoms with van der Waals surface area (Å²) in [6.07, 6.45) is 2.93. The smallest absolute Gasteiger partial charge is 0.303 e. The van der Waals surface area contributed by atoms with E-state index in [1.54, 1.807) is 6.92 Å². The molecule has 0 spiro atoms. The van der Waals surface area contributed by atoms with E-state index in [0.717, 1.165) is 19.3 Å². The van der Waals surface area contributed by atoms with E-state index in [4.69, 9.17) is 14.2 Å². The molecular weight excluding hydrogens is 300 g/mol. The molecular formula is C17H28O6. The van der Waals surface area contributed by atoms with Crippen LogP contribution in [0.5, 0.6) is 0 Å². The van der Waals surface area contributed by atoms with E-state index in [1.807, 2.05) is 13.8 Å². The zero-order chi connectivity index (χ0) is 17.3. The fourth-order valence-electron chi connectivity index (χ4n) is 3.44. The highest BCUT2D eigenvalue weighted by Gasteiger charge is 2.52. The Morgan fingerprint density at radius 3 is 2.57 bits per heavy atom. The van der Waals surface area contributed by atoms with Crippen LogP contribution in [-0.2, 0) is 23.8 Å². The third kappa shape index (κ3) is 3.92. The highest BCUT2D eigenvalue weighted by Crippen LogP contribution is 2.44. The summed E-state index contributed by atoms with van der Waals surface area (Å²) < 4.78 is 17.0. The van der Waals surface area contributed by atoms with Gasteiger partial charge in [-0.15, -0.1) is 0 Å². The molecule has 0 aromatic rings. The molecule has 2 saturated heterocycles. The Hall–Kier alpha value is -0.980. The summed E-state index contributed by atoms with van der Waals surface area (Å²) in [4.78, 5) is 23.1. The number of hydrogen-bond donors (Lipinski definition) is 1. The number of ketones is 1. The molecule has 2 fully saturated rings. The van der Waals surface area contributed by atoms with Gasteiger partial charge in [0.05, 0.1) is 17.8 Å². The molecule has 132 valence electrons. The van der Waals surface area contributed by atoms with Crippen LogP contribution in [0.1, 0.15) is 53.4 Å². The molecule has 0 saturated carbocycles. The summed E-state index contributed by atoms with van der Waals surface area (Å²) >= 11 is 0. The van der Waals surface area contributed by atoms with Gasteiger partial charge in [-0.1, -0.05) is 6.92 Å². The second-order valence-electron chi connectivity index (χ2n) is 7.25. The molecule has 6 heteroatoms. The lowest BCUT2D eigenvalue weighted by Crippen LogP contribution is -2.45. The summed E-state index contributed by atoms with van der Waals surface area (Å²) in [6.45, 7) is 6.88. The van der Waals surface area contributed by atoms with Crippen molar-refractivity contribution in [2.24, 2.45) is 5.92 Å². The summed E-state index contributed by atoms with van der Waals surface area (Å²) in [5, 5.41) is 9.29. The van der Waals surface area contributed by atoms with Crippen molar-refractivity contribution in [3.63, 3.8) is 0 Å². The number of hydrogen-bond acceptors (Lipinski definition) is 6. The maximum atomic E-state index is 12.3. The first-order chi connectivity index (χ1) is 10.7. The molecule has 0 amide bonds. The minimum absolute atomic E-state index is 0.0252. The maximum Gasteiger partial charge on any atom is 0.303 e. The Balaban J connectivity index is 1.96. The standard InChI is InChI=1S/C17H28O6/c1-11(9-18)13-5-7-17(4,22-13)15-6-8-16(3,23-15)14(20)10-21-12(2)19/h11,13,15,18H,5-10H2,1-4H3/t11?,13-,15-,16+,17+/m1/s1. The van der Waals surface area contributed by atoms with E-state index in [2.05, 4.69) is 0 Å². The molecule has 2 aliphatic rings. The van der Waals surface area contributed by atoms with Crippen molar-refractivity contribution in [2.45, 2.75) is 76.8 Å². The van der Waals surface area contributed by atoms with Gasteiger partial charge in [0.2, 0.25) is 5.78 Å². The van der Waals surface area contributed by atoms with E-state index < -0.39 is 17.2 Å². The van der Waals surface area contributed by atoms with Gasteiger partial charge >= 0.3 is 5.97 Å². The quantitative estimate of drug-likeness (QED) is 0.746.